The maximum Gasteiger partial charge on any atom is 0.305 e. The van der Waals surface area contributed by atoms with Crippen LogP contribution in [0.15, 0.2) is 24.4 Å². The summed E-state index contributed by atoms with van der Waals surface area (Å²) in [6.07, 6.45) is 1.59. The van der Waals surface area contributed by atoms with Crippen molar-refractivity contribution in [1.29, 1.82) is 0 Å². The second-order valence-corrected chi connectivity index (χ2v) is 5.27. The number of aliphatic carboxylic acids is 1. The fraction of sp³-hybridized carbons (Fsp3) is 0.357. The fourth-order valence-electron chi connectivity index (χ4n) is 2.10. The Labute approximate surface area is 127 Å². The minimum atomic E-state index is -0.947. The van der Waals surface area contributed by atoms with Gasteiger partial charge in [-0.05, 0) is 26.0 Å². The van der Waals surface area contributed by atoms with E-state index in [4.69, 9.17) is 16.7 Å². The molecule has 0 radical (unpaired) electrons. The van der Waals surface area contributed by atoms with Gasteiger partial charge in [0.15, 0.2) is 10.8 Å². The molecule has 0 aliphatic carbocycles. The first kappa shape index (κ1) is 15.3. The van der Waals surface area contributed by atoms with Crippen LogP contribution in [0.2, 0.25) is 5.15 Å². The van der Waals surface area contributed by atoms with E-state index in [9.17, 15) is 9.59 Å². The molecule has 0 spiro atoms. The van der Waals surface area contributed by atoms with E-state index in [1.54, 1.807) is 28.8 Å². The summed E-state index contributed by atoms with van der Waals surface area (Å²) in [5.74, 6) is -1.27. The van der Waals surface area contributed by atoms with Gasteiger partial charge >= 0.3 is 5.97 Å². The number of rotatable bonds is 5. The standard InChI is InChI=1S/C14H16ClN3O3/c1-9(2)17(8-6-11(19)20)14(21)12-13(15)16-10-5-3-4-7-18(10)12/h3-5,7,9H,6,8H2,1-2H3,(H,19,20). The zero-order valence-corrected chi connectivity index (χ0v) is 12.5. The Kier molecular flexibility index (Phi) is 4.47. The Bertz CT molecular complexity index is 681. The highest BCUT2D eigenvalue weighted by molar-refractivity contribution is 6.32. The molecule has 0 aliphatic rings. The van der Waals surface area contributed by atoms with Gasteiger partial charge in [0.05, 0.1) is 6.42 Å². The number of amides is 1. The van der Waals surface area contributed by atoms with Crippen LogP contribution in [0.25, 0.3) is 5.65 Å². The molecule has 0 bridgehead atoms. The van der Waals surface area contributed by atoms with Crippen molar-refractivity contribution in [2.24, 2.45) is 0 Å². The quantitative estimate of drug-likeness (QED) is 0.919. The number of aromatic nitrogens is 2. The largest absolute Gasteiger partial charge is 0.481 e. The fourth-order valence-corrected chi connectivity index (χ4v) is 2.36. The van der Waals surface area contributed by atoms with Crippen LogP contribution in [0.5, 0.6) is 0 Å². The molecule has 0 atom stereocenters. The van der Waals surface area contributed by atoms with Crippen molar-refractivity contribution in [2.75, 3.05) is 6.54 Å². The molecule has 2 aromatic rings. The lowest BCUT2D eigenvalue weighted by atomic mass is 10.2. The number of carbonyl (C=O) groups is 2. The summed E-state index contributed by atoms with van der Waals surface area (Å²) in [5, 5.41) is 8.92. The maximum atomic E-state index is 12.7. The van der Waals surface area contributed by atoms with Gasteiger partial charge in [-0.25, -0.2) is 4.98 Å². The van der Waals surface area contributed by atoms with E-state index >= 15 is 0 Å². The van der Waals surface area contributed by atoms with Crippen molar-refractivity contribution in [3.8, 4) is 0 Å². The predicted octanol–water partition coefficient (Wildman–Crippen LogP) is 2.31. The third-order valence-electron chi connectivity index (χ3n) is 3.14. The SMILES string of the molecule is CC(C)N(CCC(=O)O)C(=O)c1c(Cl)nc2ccccn12. The number of carboxylic acid groups (broad SMARTS) is 1. The highest BCUT2D eigenvalue weighted by atomic mass is 35.5. The molecule has 0 unspecified atom stereocenters. The van der Waals surface area contributed by atoms with Gasteiger partial charge in [0.2, 0.25) is 0 Å². The average molecular weight is 310 g/mol. The first-order chi connectivity index (χ1) is 9.91. The summed E-state index contributed by atoms with van der Waals surface area (Å²) in [6.45, 7) is 3.79. The zero-order valence-electron chi connectivity index (χ0n) is 11.8. The highest BCUT2D eigenvalue weighted by Crippen LogP contribution is 2.20. The Hall–Kier alpha value is -2.08. The molecule has 2 aromatic heterocycles. The Balaban J connectivity index is 2.39. The molecular formula is C14H16ClN3O3. The second kappa shape index (κ2) is 6.13. The number of imidazole rings is 1. The number of nitrogens with zero attached hydrogens (tertiary/aromatic N) is 3. The third kappa shape index (κ3) is 3.16. The topological polar surface area (TPSA) is 74.9 Å². The molecule has 0 saturated carbocycles. The molecule has 0 saturated heterocycles. The first-order valence-corrected chi connectivity index (χ1v) is 6.95. The minimum absolute atomic E-state index is 0.113. The second-order valence-electron chi connectivity index (χ2n) is 4.92. The van der Waals surface area contributed by atoms with Crippen LogP contribution in [-0.2, 0) is 4.79 Å². The summed E-state index contributed by atoms with van der Waals surface area (Å²) in [6, 6.07) is 5.19. The smallest absolute Gasteiger partial charge is 0.305 e. The van der Waals surface area contributed by atoms with E-state index < -0.39 is 5.97 Å². The average Bonchev–Trinajstić information content (AvgIpc) is 2.73. The number of pyridine rings is 1. The van der Waals surface area contributed by atoms with Crippen LogP contribution in [0.3, 0.4) is 0 Å². The van der Waals surface area contributed by atoms with E-state index in [0.29, 0.717) is 5.65 Å². The molecule has 7 heteroatoms. The number of hydrogen-bond acceptors (Lipinski definition) is 3. The Morgan fingerprint density at radius 3 is 2.76 bits per heavy atom. The van der Waals surface area contributed by atoms with Crippen LogP contribution in [-0.4, -0.2) is 43.9 Å². The molecule has 1 N–H and O–H groups in total. The van der Waals surface area contributed by atoms with Crippen molar-refractivity contribution in [1.82, 2.24) is 14.3 Å². The summed E-state index contributed by atoms with van der Waals surface area (Å²) >= 11 is 6.08. The van der Waals surface area contributed by atoms with Gasteiger partial charge in [-0.1, -0.05) is 17.7 Å². The van der Waals surface area contributed by atoms with E-state index in [-0.39, 0.29) is 35.8 Å². The number of hydrogen-bond donors (Lipinski definition) is 1. The van der Waals surface area contributed by atoms with E-state index in [0.717, 1.165) is 0 Å². The molecule has 0 fully saturated rings. The molecule has 6 nitrogen and oxygen atoms in total. The number of fused-ring (bicyclic) bond motifs is 1. The van der Waals surface area contributed by atoms with Crippen LogP contribution >= 0.6 is 11.6 Å². The predicted molar refractivity (Wildman–Crippen MR) is 78.6 cm³/mol. The highest BCUT2D eigenvalue weighted by Gasteiger charge is 2.25. The minimum Gasteiger partial charge on any atom is -0.481 e. The monoisotopic (exact) mass is 309 g/mol. The van der Waals surface area contributed by atoms with Crippen molar-refractivity contribution in [2.45, 2.75) is 26.3 Å². The normalized spacial score (nSPS) is 11.0. The maximum absolute atomic E-state index is 12.7. The van der Waals surface area contributed by atoms with Crippen LogP contribution in [0.1, 0.15) is 30.8 Å². The van der Waals surface area contributed by atoms with E-state index in [2.05, 4.69) is 4.98 Å². The van der Waals surface area contributed by atoms with Crippen LogP contribution in [0.4, 0.5) is 0 Å². The molecule has 112 valence electrons. The lowest BCUT2D eigenvalue weighted by molar-refractivity contribution is -0.137. The number of carboxylic acids is 1. The molecule has 2 rings (SSSR count). The number of halogens is 1. The van der Waals surface area contributed by atoms with Gasteiger partial charge in [-0.15, -0.1) is 0 Å². The molecule has 0 aliphatic heterocycles. The van der Waals surface area contributed by atoms with Crippen molar-refractivity contribution in [3.05, 3.63) is 35.2 Å². The first-order valence-electron chi connectivity index (χ1n) is 6.57. The molecule has 21 heavy (non-hydrogen) atoms. The van der Waals surface area contributed by atoms with Gasteiger partial charge in [0.25, 0.3) is 5.91 Å². The Morgan fingerprint density at radius 1 is 1.43 bits per heavy atom. The van der Waals surface area contributed by atoms with Gasteiger partial charge < -0.3 is 10.0 Å². The molecule has 0 aromatic carbocycles. The van der Waals surface area contributed by atoms with Crippen molar-refractivity contribution >= 4 is 29.1 Å². The van der Waals surface area contributed by atoms with E-state index in [1.807, 2.05) is 13.8 Å². The Morgan fingerprint density at radius 2 is 2.14 bits per heavy atom. The summed E-state index contributed by atoms with van der Waals surface area (Å²) < 4.78 is 1.61. The van der Waals surface area contributed by atoms with Crippen molar-refractivity contribution in [3.63, 3.8) is 0 Å². The third-order valence-corrected chi connectivity index (χ3v) is 3.40. The molecule has 1 amide bonds. The molecular weight excluding hydrogens is 294 g/mol. The number of carbonyl (C=O) groups excluding carboxylic acids is 1. The molecule has 2 heterocycles. The summed E-state index contributed by atoms with van der Waals surface area (Å²) in [4.78, 5) is 29.0. The van der Waals surface area contributed by atoms with Gasteiger partial charge in [0, 0.05) is 18.8 Å². The van der Waals surface area contributed by atoms with Crippen LogP contribution in [0, 0.1) is 0 Å². The summed E-state index contributed by atoms with van der Waals surface area (Å²) in [5.41, 5.74) is 0.833. The zero-order chi connectivity index (χ0) is 15.6. The van der Waals surface area contributed by atoms with Crippen molar-refractivity contribution < 1.29 is 14.7 Å². The van der Waals surface area contributed by atoms with Gasteiger partial charge in [-0.3, -0.25) is 14.0 Å². The lowest BCUT2D eigenvalue weighted by Crippen LogP contribution is -2.39. The summed E-state index contributed by atoms with van der Waals surface area (Å²) in [7, 11) is 0. The van der Waals surface area contributed by atoms with Crippen LogP contribution < -0.4 is 0 Å². The van der Waals surface area contributed by atoms with E-state index in [1.165, 1.54) is 4.90 Å². The van der Waals surface area contributed by atoms with Gasteiger partial charge in [0.1, 0.15) is 5.65 Å². The lowest BCUT2D eigenvalue weighted by Gasteiger charge is -2.26. The van der Waals surface area contributed by atoms with Gasteiger partial charge in [-0.2, -0.15) is 0 Å².